The van der Waals surface area contributed by atoms with E-state index in [2.05, 4.69) is 0 Å². The third-order valence-electron chi connectivity index (χ3n) is 4.24. The second-order valence-corrected chi connectivity index (χ2v) is 6.80. The number of hydrogen-bond donors (Lipinski definition) is 0. The molecule has 29 heavy (non-hydrogen) atoms. The summed E-state index contributed by atoms with van der Waals surface area (Å²) in [6.45, 7) is 1.86. The summed E-state index contributed by atoms with van der Waals surface area (Å²) in [4.78, 5) is 25.5. The smallest absolute Gasteiger partial charge is 0.336 e. The van der Waals surface area contributed by atoms with E-state index in [0.29, 0.717) is 27.3 Å². The molecule has 4 aromatic rings. The summed E-state index contributed by atoms with van der Waals surface area (Å²) in [5.74, 6) is -0.265. The molecule has 0 fully saturated rings. The largest absolute Gasteiger partial charge is 0.465 e. The number of carbonyl (C=O) groups excluding carboxylic acids is 1. The van der Waals surface area contributed by atoms with Crippen molar-refractivity contribution in [2.24, 2.45) is 0 Å². The van der Waals surface area contributed by atoms with Gasteiger partial charge in [-0.05, 0) is 61.5 Å². The van der Waals surface area contributed by atoms with Crippen molar-refractivity contribution in [1.82, 2.24) is 0 Å². The molecule has 0 N–H and O–H groups in total. The minimum Gasteiger partial charge on any atom is -0.465 e. The maximum absolute atomic E-state index is 13.1. The maximum Gasteiger partial charge on any atom is 0.336 e. The van der Waals surface area contributed by atoms with Gasteiger partial charge in [-0.1, -0.05) is 23.2 Å². The fourth-order valence-corrected chi connectivity index (χ4v) is 2.97. The average Bonchev–Trinajstić information content (AvgIpc) is 3.23. The zero-order chi connectivity index (χ0) is 20.4. The molecule has 0 aliphatic heterocycles. The predicted octanol–water partition coefficient (Wildman–Crippen LogP) is 5.63. The number of fused-ring (bicyclic) bond motifs is 1. The van der Waals surface area contributed by atoms with E-state index in [9.17, 15) is 9.59 Å². The maximum atomic E-state index is 13.1. The van der Waals surface area contributed by atoms with E-state index in [1.165, 1.54) is 18.4 Å². The number of hydrogen-bond acceptors (Lipinski definition) is 5. The Morgan fingerprint density at radius 1 is 1.10 bits per heavy atom. The van der Waals surface area contributed by atoms with Crippen LogP contribution in [0.3, 0.4) is 0 Å². The molecule has 0 aliphatic carbocycles. The van der Waals surface area contributed by atoms with E-state index >= 15 is 0 Å². The van der Waals surface area contributed by atoms with Crippen LogP contribution < -0.4 is 10.2 Å². The number of ether oxygens (including phenoxy) is 1. The van der Waals surface area contributed by atoms with Gasteiger partial charge in [0.05, 0.1) is 11.6 Å². The molecule has 2 aromatic heterocycles. The van der Waals surface area contributed by atoms with Gasteiger partial charge in [0.2, 0.25) is 11.2 Å². The van der Waals surface area contributed by atoms with Crippen LogP contribution in [0.15, 0.2) is 80.6 Å². The fraction of sp³-hybridized carbons (Fsp3) is 0.0435. The zero-order valence-corrected chi connectivity index (χ0v) is 16.1. The molecule has 0 amide bonds. The first kappa shape index (κ1) is 18.8. The predicted molar refractivity (Wildman–Crippen MR) is 111 cm³/mol. The minimum absolute atomic E-state index is 0.155. The highest BCUT2D eigenvalue weighted by molar-refractivity contribution is 6.30. The van der Waals surface area contributed by atoms with Gasteiger partial charge >= 0.3 is 5.97 Å². The van der Waals surface area contributed by atoms with Crippen molar-refractivity contribution in [2.45, 2.75) is 6.92 Å². The first-order valence-electron chi connectivity index (χ1n) is 8.78. The molecule has 0 saturated carbocycles. The van der Waals surface area contributed by atoms with Crippen molar-refractivity contribution < 1.29 is 18.4 Å². The van der Waals surface area contributed by atoms with E-state index < -0.39 is 11.4 Å². The highest BCUT2D eigenvalue weighted by atomic mass is 35.5. The van der Waals surface area contributed by atoms with E-state index in [4.69, 9.17) is 25.2 Å². The minimum atomic E-state index is -0.726. The van der Waals surface area contributed by atoms with Gasteiger partial charge in [-0.15, -0.1) is 0 Å². The van der Waals surface area contributed by atoms with Gasteiger partial charge in [0, 0.05) is 16.7 Å². The molecule has 2 aromatic carbocycles. The third-order valence-corrected chi connectivity index (χ3v) is 4.49. The Morgan fingerprint density at radius 3 is 2.62 bits per heavy atom. The van der Waals surface area contributed by atoms with Crippen molar-refractivity contribution in [3.8, 4) is 17.1 Å². The van der Waals surface area contributed by atoms with Gasteiger partial charge in [-0.3, -0.25) is 4.79 Å². The number of benzene rings is 2. The molecule has 0 bridgehead atoms. The lowest BCUT2D eigenvalue weighted by Gasteiger charge is -2.10. The van der Waals surface area contributed by atoms with Crippen molar-refractivity contribution in [3.05, 3.63) is 93.5 Å². The second-order valence-electron chi connectivity index (χ2n) is 6.37. The highest BCUT2D eigenvalue weighted by Gasteiger charge is 2.20. The Morgan fingerprint density at radius 2 is 1.90 bits per heavy atom. The third kappa shape index (κ3) is 4.00. The first-order chi connectivity index (χ1) is 14.0. The first-order valence-corrected chi connectivity index (χ1v) is 9.16. The van der Waals surface area contributed by atoms with Crippen LogP contribution in [-0.4, -0.2) is 5.97 Å². The summed E-state index contributed by atoms with van der Waals surface area (Å²) in [5.41, 5.74) is 1.42. The molecular formula is C23H15ClO5. The van der Waals surface area contributed by atoms with Crippen molar-refractivity contribution >= 4 is 34.6 Å². The van der Waals surface area contributed by atoms with Crippen LogP contribution in [-0.2, 0) is 4.79 Å². The summed E-state index contributed by atoms with van der Waals surface area (Å²) in [5, 5.41) is 0.868. The van der Waals surface area contributed by atoms with Crippen LogP contribution in [0.25, 0.3) is 28.4 Å². The topological polar surface area (TPSA) is 69.7 Å². The van der Waals surface area contributed by atoms with Gasteiger partial charge in [0.1, 0.15) is 11.3 Å². The lowest BCUT2D eigenvalue weighted by Crippen LogP contribution is -2.14. The summed E-state index contributed by atoms with van der Waals surface area (Å²) in [6, 6.07) is 15.4. The summed E-state index contributed by atoms with van der Waals surface area (Å²) in [7, 11) is 0. The summed E-state index contributed by atoms with van der Waals surface area (Å²) in [6.07, 6.45) is 4.13. The SMILES string of the molecule is Cc1ccc2oc(-c3ccc(Cl)cc3)c(OC(=O)C=Cc3ccco3)c(=O)c2c1. The van der Waals surface area contributed by atoms with Crippen LogP contribution in [0, 0.1) is 6.92 Å². The molecule has 0 unspecified atom stereocenters. The Kier molecular flexibility index (Phi) is 5.06. The van der Waals surface area contributed by atoms with Crippen LogP contribution in [0.2, 0.25) is 5.02 Å². The zero-order valence-electron chi connectivity index (χ0n) is 15.3. The number of carbonyl (C=O) groups is 1. The molecule has 0 aliphatic rings. The Hall–Kier alpha value is -3.57. The quantitative estimate of drug-likeness (QED) is 0.324. The number of furan rings is 1. The van der Waals surface area contributed by atoms with Crippen LogP contribution >= 0.6 is 11.6 Å². The second kappa shape index (κ2) is 7.81. The van der Waals surface area contributed by atoms with Crippen molar-refractivity contribution in [2.75, 3.05) is 0 Å². The van der Waals surface area contributed by atoms with E-state index in [0.717, 1.165) is 5.56 Å². The summed E-state index contributed by atoms with van der Waals surface area (Å²) >= 11 is 5.96. The van der Waals surface area contributed by atoms with Gasteiger partial charge < -0.3 is 13.6 Å². The average molecular weight is 407 g/mol. The van der Waals surface area contributed by atoms with Crippen molar-refractivity contribution in [3.63, 3.8) is 0 Å². The van der Waals surface area contributed by atoms with E-state index in [-0.39, 0.29) is 11.5 Å². The monoisotopic (exact) mass is 406 g/mol. The normalized spacial score (nSPS) is 11.2. The molecule has 0 spiro atoms. The molecule has 6 heteroatoms. The number of esters is 1. The van der Waals surface area contributed by atoms with E-state index in [1.807, 2.05) is 13.0 Å². The Labute approximate surface area is 170 Å². The van der Waals surface area contributed by atoms with Crippen LogP contribution in [0.5, 0.6) is 5.75 Å². The number of rotatable bonds is 4. The molecule has 5 nitrogen and oxygen atoms in total. The molecule has 4 rings (SSSR count). The Bertz CT molecular complexity index is 1270. The standard InChI is InChI=1S/C23H15ClO5/c1-14-4-10-19-18(13-14)21(26)23(22(28-19)15-5-7-16(24)8-6-15)29-20(25)11-9-17-3-2-12-27-17/h2-13H,1H3. The van der Waals surface area contributed by atoms with Gasteiger partial charge in [0.25, 0.3) is 0 Å². The Balaban J connectivity index is 1.82. The number of halogens is 1. The van der Waals surface area contributed by atoms with Gasteiger partial charge in [0.15, 0.2) is 5.76 Å². The molecule has 2 heterocycles. The highest BCUT2D eigenvalue weighted by Crippen LogP contribution is 2.32. The lowest BCUT2D eigenvalue weighted by atomic mass is 10.1. The molecule has 144 valence electrons. The van der Waals surface area contributed by atoms with Crippen LogP contribution in [0.4, 0.5) is 0 Å². The summed E-state index contributed by atoms with van der Waals surface area (Å²) < 4.78 is 16.5. The fourth-order valence-electron chi connectivity index (χ4n) is 2.85. The number of aryl methyl sites for hydroxylation is 1. The van der Waals surface area contributed by atoms with Crippen LogP contribution in [0.1, 0.15) is 11.3 Å². The lowest BCUT2D eigenvalue weighted by molar-refractivity contribution is -0.129. The van der Waals surface area contributed by atoms with Crippen molar-refractivity contribution in [1.29, 1.82) is 0 Å². The molecule has 0 atom stereocenters. The molecule has 0 saturated heterocycles. The van der Waals surface area contributed by atoms with E-state index in [1.54, 1.807) is 48.5 Å². The molecule has 0 radical (unpaired) electrons. The van der Waals surface area contributed by atoms with Gasteiger partial charge in [-0.2, -0.15) is 0 Å². The van der Waals surface area contributed by atoms with Gasteiger partial charge in [-0.25, -0.2) is 4.79 Å². The molecular weight excluding hydrogens is 392 g/mol.